The Balaban J connectivity index is 3.09. The van der Waals surface area contributed by atoms with Crippen LogP contribution in [0.3, 0.4) is 0 Å². The zero-order valence-electron chi connectivity index (χ0n) is 9.90. The van der Waals surface area contributed by atoms with E-state index in [2.05, 4.69) is 0 Å². The monoisotopic (exact) mass is 224 g/mol. The van der Waals surface area contributed by atoms with Crippen LogP contribution in [0.25, 0.3) is 0 Å². The summed E-state index contributed by atoms with van der Waals surface area (Å²) in [5, 5.41) is 0. The Labute approximate surface area is 96.5 Å². The maximum absolute atomic E-state index is 5.93. The van der Waals surface area contributed by atoms with Crippen LogP contribution in [0.1, 0.15) is 25.5 Å². The number of hydrogen-bond donors (Lipinski definition) is 2. The van der Waals surface area contributed by atoms with Gasteiger partial charge in [0.05, 0.1) is 13.2 Å². The van der Waals surface area contributed by atoms with Crippen molar-refractivity contribution in [3.63, 3.8) is 0 Å². The normalized spacial score (nSPS) is 12.2. The molecule has 0 aliphatic rings. The largest absolute Gasteiger partial charge is 0.490 e. The fourth-order valence-electron chi connectivity index (χ4n) is 1.52. The molecule has 4 nitrogen and oxygen atoms in total. The Morgan fingerprint density at radius 2 is 1.88 bits per heavy atom. The molecule has 0 radical (unpaired) electrons. The first kappa shape index (κ1) is 12.8. The van der Waals surface area contributed by atoms with Gasteiger partial charge in [0.15, 0.2) is 11.5 Å². The molecule has 4 N–H and O–H groups in total. The minimum atomic E-state index is -0.220. The molecule has 1 aromatic rings. The molecule has 0 fully saturated rings. The van der Waals surface area contributed by atoms with Crippen LogP contribution in [0.15, 0.2) is 18.2 Å². The predicted octanol–water partition coefficient (Wildman–Crippen LogP) is 1.44. The highest BCUT2D eigenvalue weighted by Gasteiger charge is 2.15. The third-order valence-corrected chi connectivity index (χ3v) is 2.25. The summed E-state index contributed by atoms with van der Waals surface area (Å²) in [6, 6.07) is 5.48. The predicted molar refractivity (Wildman–Crippen MR) is 64.8 cm³/mol. The summed E-state index contributed by atoms with van der Waals surface area (Å²) < 4.78 is 11.1. The van der Waals surface area contributed by atoms with Crippen LogP contribution < -0.4 is 20.9 Å². The maximum atomic E-state index is 5.93. The summed E-state index contributed by atoms with van der Waals surface area (Å²) in [6.07, 6.45) is 0. The highest BCUT2D eigenvalue weighted by molar-refractivity contribution is 5.48. The Morgan fingerprint density at radius 3 is 2.44 bits per heavy atom. The lowest BCUT2D eigenvalue weighted by molar-refractivity contribution is 0.284. The molecule has 0 aliphatic carbocycles. The minimum Gasteiger partial charge on any atom is -0.490 e. The molecule has 0 bridgehead atoms. The fourth-order valence-corrected chi connectivity index (χ4v) is 1.52. The first-order chi connectivity index (χ1) is 7.74. The van der Waals surface area contributed by atoms with E-state index in [1.54, 1.807) is 0 Å². The highest BCUT2D eigenvalue weighted by Crippen LogP contribution is 2.34. The lowest BCUT2D eigenvalue weighted by Gasteiger charge is -2.18. The zero-order chi connectivity index (χ0) is 12.0. The molecular formula is C12H20N2O2. The second kappa shape index (κ2) is 6.35. The van der Waals surface area contributed by atoms with Gasteiger partial charge in [0, 0.05) is 18.2 Å². The van der Waals surface area contributed by atoms with Gasteiger partial charge in [-0.2, -0.15) is 0 Å². The van der Waals surface area contributed by atoms with E-state index in [9.17, 15) is 0 Å². The third kappa shape index (κ3) is 2.87. The summed E-state index contributed by atoms with van der Waals surface area (Å²) in [5.74, 6) is 1.44. The van der Waals surface area contributed by atoms with Crippen molar-refractivity contribution in [3.8, 4) is 11.5 Å². The van der Waals surface area contributed by atoms with Gasteiger partial charge in [-0.3, -0.25) is 0 Å². The topological polar surface area (TPSA) is 70.5 Å². The highest BCUT2D eigenvalue weighted by atomic mass is 16.5. The van der Waals surface area contributed by atoms with Crippen LogP contribution in [0.5, 0.6) is 11.5 Å². The van der Waals surface area contributed by atoms with Crippen LogP contribution in [-0.2, 0) is 0 Å². The van der Waals surface area contributed by atoms with E-state index >= 15 is 0 Å². The molecule has 1 rings (SSSR count). The van der Waals surface area contributed by atoms with Gasteiger partial charge < -0.3 is 20.9 Å². The van der Waals surface area contributed by atoms with Crippen LogP contribution >= 0.6 is 0 Å². The fraction of sp³-hybridized carbons (Fsp3) is 0.500. The molecule has 4 heteroatoms. The first-order valence-electron chi connectivity index (χ1n) is 5.58. The third-order valence-electron chi connectivity index (χ3n) is 2.25. The first-order valence-corrected chi connectivity index (χ1v) is 5.58. The lowest BCUT2D eigenvalue weighted by Crippen LogP contribution is -2.21. The van der Waals surface area contributed by atoms with Crippen LogP contribution in [0.2, 0.25) is 0 Å². The second-order valence-electron chi connectivity index (χ2n) is 3.38. The van der Waals surface area contributed by atoms with E-state index < -0.39 is 0 Å². The van der Waals surface area contributed by atoms with Crippen LogP contribution in [0, 0.1) is 0 Å². The lowest BCUT2D eigenvalue weighted by atomic mass is 10.1. The van der Waals surface area contributed by atoms with E-state index in [0.717, 1.165) is 11.3 Å². The van der Waals surface area contributed by atoms with E-state index in [1.807, 2.05) is 32.0 Å². The van der Waals surface area contributed by atoms with E-state index in [-0.39, 0.29) is 6.04 Å². The second-order valence-corrected chi connectivity index (χ2v) is 3.38. The number of hydrogen-bond acceptors (Lipinski definition) is 4. The van der Waals surface area contributed by atoms with E-state index in [0.29, 0.717) is 25.5 Å². The number of nitrogens with two attached hydrogens (primary N) is 2. The van der Waals surface area contributed by atoms with Gasteiger partial charge in [-0.15, -0.1) is 0 Å². The van der Waals surface area contributed by atoms with Gasteiger partial charge in [0.1, 0.15) is 0 Å². The zero-order valence-corrected chi connectivity index (χ0v) is 9.90. The Kier molecular flexibility index (Phi) is 5.08. The summed E-state index contributed by atoms with van der Waals surface area (Å²) in [4.78, 5) is 0. The summed E-state index contributed by atoms with van der Waals surface area (Å²) >= 11 is 0. The van der Waals surface area contributed by atoms with E-state index in [4.69, 9.17) is 20.9 Å². The average Bonchev–Trinajstić information content (AvgIpc) is 2.31. The summed E-state index contributed by atoms with van der Waals surface area (Å²) in [5.41, 5.74) is 12.4. The van der Waals surface area contributed by atoms with Crippen molar-refractivity contribution in [3.05, 3.63) is 23.8 Å². The van der Waals surface area contributed by atoms with Gasteiger partial charge in [-0.05, 0) is 19.9 Å². The SMILES string of the molecule is CCOc1cccc([C@H](N)CN)c1OCC. The molecule has 0 aromatic heterocycles. The Hall–Kier alpha value is -1.26. The van der Waals surface area contributed by atoms with Crippen molar-refractivity contribution < 1.29 is 9.47 Å². The van der Waals surface area contributed by atoms with Crippen LogP contribution in [-0.4, -0.2) is 19.8 Å². The molecule has 0 saturated carbocycles. The van der Waals surface area contributed by atoms with Gasteiger partial charge in [-0.25, -0.2) is 0 Å². The van der Waals surface area contributed by atoms with Crippen molar-refractivity contribution in [1.29, 1.82) is 0 Å². The molecular weight excluding hydrogens is 204 g/mol. The molecule has 0 heterocycles. The van der Waals surface area contributed by atoms with E-state index in [1.165, 1.54) is 0 Å². The van der Waals surface area contributed by atoms with Crippen molar-refractivity contribution in [2.75, 3.05) is 19.8 Å². The molecule has 0 spiro atoms. The number of rotatable bonds is 6. The summed E-state index contributed by atoms with van der Waals surface area (Å²) in [7, 11) is 0. The molecule has 16 heavy (non-hydrogen) atoms. The minimum absolute atomic E-state index is 0.220. The molecule has 0 saturated heterocycles. The standard InChI is InChI=1S/C12H20N2O2/c1-3-15-11-7-5-6-9(10(14)8-13)12(11)16-4-2/h5-7,10H,3-4,8,13-14H2,1-2H3/t10-/m1/s1. The maximum Gasteiger partial charge on any atom is 0.165 e. The van der Waals surface area contributed by atoms with Gasteiger partial charge in [0.25, 0.3) is 0 Å². The number of ether oxygens (including phenoxy) is 2. The van der Waals surface area contributed by atoms with Gasteiger partial charge >= 0.3 is 0 Å². The van der Waals surface area contributed by atoms with Crippen LogP contribution in [0.4, 0.5) is 0 Å². The smallest absolute Gasteiger partial charge is 0.165 e. The quantitative estimate of drug-likeness (QED) is 0.767. The Morgan fingerprint density at radius 1 is 1.19 bits per heavy atom. The molecule has 1 aromatic carbocycles. The molecule has 90 valence electrons. The van der Waals surface area contributed by atoms with Gasteiger partial charge in [0.2, 0.25) is 0 Å². The van der Waals surface area contributed by atoms with Crippen molar-refractivity contribution >= 4 is 0 Å². The summed E-state index contributed by atoms with van der Waals surface area (Å²) in [6.45, 7) is 5.43. The molecule has 0 amide bonds. The van der Waals surface area contributed by atoms with Crippen molar-refractivity contribution in [1.82, 2.24) is 0 Å². The van der Waals surface area contributed by atoms with Crippen molar-refractivity contribution in [2.45, 2.75) is 19.9 Å². The van der Waals surface area contributed by atoms with Crippen molar-refractivity contribution in [2.24, 2.45) is 11.5 Å². The Bertz CT molecular complexity index is 329. The molecule has 0 aliphatic heterocycles. The number of para-hydroxylation sites is 1. The molecule has 0 unspecified atom stereocenters. The van der Waals surface area contributed by atoms with Gasteiger partial charge in [-0.1, -0.05) is 12.1 Å². The average molecular weight is 224 g/mol. The number of benzene rings is 1. The molecule has 1 atom stereocenters.